The van der Waals surface area contributed by atoms with Gasteiger partial charge in [-0.15, -0.1) is 0 Å². The number of oxazole rings is 1. The molecule has 0 aliphatic carbocycles. The van der Waals surface area contributed by atoms with Gasteiger partial charge in [0.05, 0.1) is 6.20 Å². The number of hydrogen-bond donors (Lipinski definition) is 1. The van der Waals surface area contributed by atoms with E-state index in [0.717, 1.165) is 18.1 Å². The van der Waals surface area contributed by atoms with Gasteiger partial charge in [0.1, 0.15) is 5.76 Å². The summed E-state index contributed by atoms with van der Waals surface area (Å²) in [6.07, 6.45) is 5.44. The molecule has 2 atom stereocenters. The van der Waals surface area contributed by atoms with E-state index in [1.54, 1.807) is 0 Å². The monoisotopic (exact) mass is 226 g/mol. The second-order valence-electron chi connectivity index (χ2n) is 4.13. The van der Waals surface area contributed by atoms with Gasteiger partial charge >= 0.3 is 0 Å². The molecule has 0 saturated carbocycles. The predicted molar refractivity (Wildman–Crippen MR) is 63.2 cm³/mol. The second kappa shape index (κ2) is 5.03. The summed E-state index contributed by atoms with van der Waals surface area (Å²) in [6.45, 7) is 2.68. The first kappa shape index (κ1) is 11.0. The zero-order chi connectivity index (χ0) is 10.7. The lowest BCUT2D eigenvalue weighted by molar-refractivity contribution is 0.429. The molecule has 15 heavy (non-hydrogen) atoms. The minimum Gasteiger partial charge on any atom is -0.445 e. The first-order chi connectivity index (χ1) is 7.29. The summed E-state index contributed by atoms with van der Waals surface area (Å²) in [6, 6.07) is 0. The molecule has 2 unspecified atom stereocenters. The molecule has 0 aromatic carbocycles. The van der Waals surface area contributed by atoms with Crippen LogP contribution in [-0.2, 0) is 6.42 Å². The van der Waals surface area contributed by atoms with Crippen LogP contribution in [0.1, 0.15) is 37.3 Å². The molecule has 1 aliphatic heterocycles. The molecule has 0 radical (unpaired) electrons. The highest BCUT2D eigenvalue weighted by Gasteiger charge is 2.19. The Morgan fingerprint density at radius 1 is 1.73 bits per heavy atom. The molecule has 0 amide bonds. The van der Waals surface area contributed by atoms with Gasteiger partial charge in [-0.2, -0.15) is 11.8 Å². The average Bonchev–Trinajstić information content (AvgIpc) is 2.88. The first-order valence-electron chi connectivity index (χ1n) is 5.56. The van der Waals surface area contributed by atoms with Crippen molar-refractivity contribution in [2.75, 3.05) is 12.3 Å². The molecule has 2 heterocycles. The van der Waals surface area contributed by atoms with Crippen LogP contribution >= 0.6 is 11.8 Å². The van der Waals surface area contributed by atoms with Crippen molar-refractivity contribution < 1.29 is 4.42 Å². The number of hydrogen-bond acceptors (Lipinski definition) is 4. The van der Waals surface area contributed by atoms with E-state index in [0.29, 0.717) is 11.8 Å². The van der Waals surface area contributed by atoms with Crippen LogP contribution in [0, 0.1) is 0 Å². The molecule has 1 aromatic rings. The Morgan fingerprint density at radius 3 is 3.27 bits per heavy atom. The topological polar surface area (TPSA) is 52.0 Å². The van der Waals surface area contributed by atoms with Gasteiger partial charge in [0.25, 0.3) is 0 Å². The van der Waals surface area contributed by atoms with Crippen molar-refractivity contribution >= 4 is 11.8 Å². The van der Waals surface area contributed by atoms with Crippen LogP contribution in [0.25, 0.3) is 0 Å². The van der Waals surface area contributed by atoms with E-state index in [1.807, 2.05) is 18.0 Å². The van der Waals surface area contributed by atoms with E-state index in [9.17, 15) is 0 Å². The SMILES string of the molecule is CC(CN)c1cnc(CC2CCCS2)o1. The van der Waals surface area contributed by atoms with Crippen molar-refractivity contribution in [3.8, 4) is 0 Å². The van der Waals surface area contributed by atoms with Crippen molar-refractivity contribution in [3.05, 3.63) is 17.8 Å². The van der Waals surface area contributed by atoms with Crippen LogP contribution in [0.3, 0.4) is 0 Å². The van der Waals surface area contributed by atoms with Crippen LogP contribution in [0.2, 0.25) is 0 Å². The Morgan fingerprint density at radius 2 is 2.60 bits per heavy atom. The number of nitrogens with zero attached hydrogens (tertiary/aromatic N) is 1. The molecule has 1 fully saturated rings. The Labute approximate surface area is 94.8 Å². The van der Waals surface area contributed by atoms with E-state index in [-0.39, 0.29) is 5.92 Å². The summed E-state index contributed by atoms with van der Waals surface area (Å²) in [5.41, 5.74) is 5.59. The second-order valence-corrected chi connectivity index (χ2v) is 5.54. The third-order valence-corrected chi connectivity index (χ3v) is 4.24. The Bertz CT molecular complexity index is 307. The quantitative estimate of drug-likeness (QED) is 0.855. The van der Waals surface area contributed by atoms with Gasteiger partial charge < -0.3 is 10.2 Å². The smallest absolute Gasteiger partial charge is 0.195 e. The fraction of sp³-hybridized carbons (Fsp3) is 0.727. The molecular weight excluding hydrogens is 208 g/mol. The van der Waals surface area contributed by atoms with Crippen LogP contribution in [0.5, 0.6) is 0 Å². The number of nitrogens with two attached hydrogens (primary N) is 1. The fourth-order valence-electron chi connectivity index (χ4n) is 1.76. The van der Waals surface area contributed by atoms with Gasteiger partial charge in [-0.1, -0.05) is 6.92 Å². The van der Waals surface area contributed by atoms with E-state index >= 15 is 0 Å². The average molecular weight is 226 g/mol. The van der Waals surface area contributed by atoms with Gasteiger partial charge in [-0.05, 0) is 18.6 Å². The first-order valence-corrected chi connectivity index (χ1v) is 6.60. The lowest BCUT2D eigenvalue weighted by atomic mass is 10.1. The van der Waals surface area contributed by atoms with E-state index in [2.05, 4.69) is 11.9 Å². The Hall–Kier alpha value is -0.480. The highest BCUT2D eigenvalue weighted by molar-refractivity contribution is 8.00. The van der Waals surface area contributed by atoms with Crippen molar-refractivity contribution in [2.45, 2.75) is 37.4 Å². The summed E-state index contributed by atoms with van der Waals surface area (Å²) >= 11 is 2.04. The third-order valence-electron chi connectivity index (χ3n) is 2.84. The van der Waals surface area contributed by atoms with E-state index < -0.39 is 0 Å². The highest BCUT2D eigenvalue weighted by Crippen LogP contribution is 2.29. The van der Waals surface area contributed by atoms with Gasteiger partial charge in [0, 0.05) is 24.1 Å². The van der Waals surface area contributed by atoms with Gasteiger partial charge in [-0.3, -0.25) is 0 Å². The maximum atomic E-state index is 5.69. The van der Waals surface area contributed by atoms with Crippen LogP contribution in [0.15, 0.2) is 10.6 Å². The largest absolute Gasteiger partial charge is 0.445 e. The summed E-state index contributed by atoms with van der Waals surface area (Å²) in [5, 5.41) is 0.713. The maximum absolute atomic E-state index is 5.69. The summed E-state index contributed by atoms with van der Waals surface area (Å²) in [7, 11) is 0. The third kappa shape index (κ3) is 2.75. The minimum absolute atomic E-state index is 0.280. The van der Waals surface area contributed by atoms with Gasteiger partial charge in [-0.25, -0.2) is 4.98 Å². The molecule has 4 heteroatoms. The molecule has 1 saturated heterocycles. The summed E-state index contributed by atoms with van der Waals surface area (Å²) in [4.78, 5) is 4.31. The molecular formula is C11H18N2OS. The van der Waals surface area contributed by atoms with Gasteiger partial charge in [0.2, 0.25) is 0 Å². The predicted octanol–water partition coefficient (Wildman–Crippen LogP) is 2.17. The van der Waals surface area contributed by atoms with Crippen LogP contribution in [0.4, 0.5) is 0 Å². The molecule has 0 spiro atoms. The fourth-order valence-corrected chi connectivity index (χ4v) is 3.02. The molecule has 2 N–H and O–H groups in total. The standard InChI is InChI=1S/C11H18N2OS/c1-8(6-12)10-7-13-11(14-10)5-9-3-2-4-15-9/h7-9H,2-6,12H2,1H3. The van der Waals surface area contributed by atoms with Crippen molar-refractivity contribution in [3.63, 3.8) is 0 Å². The highest BCUT2D eigenvalue weighted by atomic mass is 32.2. The summed E-state index contributed by atoms with van der Waals surface area (Å²) < 4.78 is 5.69. The molecule has 1 aromatic heterocycles. The van der Waals surface area contributed by atoms with E-state index in [1.165, 1.54) is 18.6 Å². The zero-order valence-corrected chi connectivity index (χ0v) is 9.93. The normalized spacial score (nSPS) is 23.2. The molecule has 0 bridgehead atoms. The number of aromatic nitrogens is 1. The van der Waals surface area contributed by atoms with Crippen LogP contribution < -0.4 is 5.73 Å². The molecule has 1 aliphatic rings. The lowest BCUT2D eigenvalue weighted by Crippen LogP contribution is -2.07. The van der Waals surface area contributed by atoms with E-state index in [4.69, 9.17) is 10.2 Å². The minimum atomic E-state index is 0.280. The Kier molecular flexibility index (Phi) is 3.70. The lowest BCUT2D eigenvalue weighted by Gasteiger charge is -2.05. The zero-order valence-electron chi connectivity index (χ0n) is 9.11. The molecule has 3 nitrogen and oxygen atoms in total. The van der Waals surface area contributed by atoms with Gasteiger partial charge in [0.15, 0.2) is 5.89 Å². The van der Waals surface area contributed by atoms with Crippen LogP contribution in [-0.4, -0.2) is 22.5 Å². The number of thioether (sulfide) groups is 1. The Balaban J connectivity index is 1.94. The maximum Gasteiger partial charge on any atom is 0.195 e. The molecule has 2 rings (SSSR count). The van der Waals surface area contributed by atoms with Crippen molar-refractivity contribution in [2.24, 2.45) is 5.73 Å². The van der Waals surface area contributed by atoms with Crippen molar-refractivity contribution in [1.29, 1.82) is 0 Å². The number of rotatable bonds is 4. The van der Waals surface area contributed by atoms with Crippen molar-refractivity contribution in [1.82, 2.24) is 4.98 Å². The summed E-state index contributed by atoms with van der Waals surface area (Å²) in [5.74, 6) is 3.37. The molecule has 84 valence electrons.